The molecule has 0 saturated carbocycles. The Balaban J connectivity index is 0.000000172. The normalized spacial score (nSPS) is 11.8. The highest BCUT2D eigenvalue weighted by atomic mass is 32.2. The van der Waals surface area contributed by atoms with Crippen LogP contribution in [0.5, 0.6) is 0 Å². The molecule has 0 atom stereocenters. The molecule has 30 heteroatoms. The van der Waals surface area contributed by atoms with Gasteiger partial charge in [-0.15, -0.1) is 11.8 Å². The molecule has 123 heavy (non-hydrogen) atoms. The number of alkyl carbamates (subject to hydrolysis) is 2. The molecule has 636 valence electrons. The number of hydrogen-bond acceptors (Lipinski definition) is 19. The van der Waals surface area contributed by atoms with E-state index in [0.717, 1.165) is 163 Å². The quantitative estimate of drug-likeness (QED) is 0.0211. The van der Waals surface area contributed by atoms with E-state index >= 15 is 0 Å². The number of aryl methyl sites for hydroxylation is 6. The summed E-state index contributed by atoms with van der Waals surface area (Å²) in [7, 11) is 12.0. The van der Waals surface area contributed by atoms with Crippen molar-refractivity contribution in [2.45, 2.75) is 113 Å². The number of aromatic nitrogens is 12. The van der Waals surface area contributed by atoms with E-state index in [9.17, 15) is 14.4 Å². The average molecular weight is 1680 g/mol. The van der Waals surface area contributed by atoms with Crippen molar-refractivity contribution in [3.8, 4) is 68.3 Å². The minimum absolute atomic E-state index is 0. The number of fused-ring (bicyclic) bond motifs is 6. The Hall–Kier alpha value is -14.4. The Morgan fingerprint density at radius 3 is 1.04 bits per heavy atom. The summed E-state index contributed by atoms with van der Waals surface area (Å²) >= 11 is 1.43. The first-order chi connectivity index (χ1) is 57.6. The molecular weight excluding hydrogens is 1570 g/mol. The lowest BCUT2D eigenvalue weighted by atomic mass is 10.1. The third-order valence-corrected chi connectivity index (χ3v) is 20.0. The number of imidazole rings is 6. The number of carbonyl (C=O) groups is 3. The first-order valence-electron chi connectivity index (χ1n) is 39.2. The molecule has 0 unspecified atom stereocenters. The monoisotopic (exact) mass is 1670 g/mol. The molecule has 0 saturated heterocycles. The summed E-state index contributed by atoms with van der Waals surface area (Å²) in [6.07, 6.45) is 1.06. The van der Waals surface area contributed by atoms with Gasteiger partial charge < -0.3 is 69.9 Å². The number of nitrogens with zero attached hydrogens (tertiary/aromatic N) is 14. The number of anilines is 3. The number of amides is 3. The second-order valence-electron chi connectivity index (χ2n) is 32.5. The zero-order valence-corrected chi connectivity index (χ0v) is 72.7. The molecule has 0 aliphatic carbocycles. The van der Waals surface area contributed by atoms with Crippen LogP contribution in [0.4, 0.5) is 37.1 Å². The summed E-state index contributed by atoms with van der Waals surface area (Å²) in [6, 6.07) is 59.8. The van der Waals surface area contributed by atoms with Crippen molar-refractivity contribution in [2.75, 3.05) is 23.0 Å². The number of ether oxygens (including phenoxy) is 3. The largest absolute Gasteiger partial charge is 0.444 e. The van der Waals surface area contributed by atoms with Crippen molar-refractivity contribution in [1.29, 1.82) is 10.8 Å². The molecule has 13 N–H and O–H groups in total. The van der Waals surface area contributed by atoms with E-state index in [2.05, 4.69) is 99.3 Å². The number of nitrogens with two attached hydrogens (primary N) is 4. The van der Waals surface area contributed by atoms with E-state index in [1.165, 1.54) is 11.8 Å². The van der Waals surface area contributed by atoms with Crippen LogP contribution in [0.15, 0.2) is 204 Å². The molecule has 0 bridgehead atoms. The predicted molar refractivity (Wildman–Crippen MR) is 501 cm³/mol. The van der Waals surface area contributed by atoms with E-state index < -0.39 is 35.1 Å². The molecular formula is C93H107N23O6S. The Kier molecular flexibility index (Phi) is 26.6. The summed E-state index contributed by atoms with van der Waals surface area (Å²) < 4.78 is 28.0. The van der Waals surface area contributed by atoms with Crippen LogP contribution in [0.1, 0.15) is 94.7 Å². The number of thioether (sulfide) groups is 1. The number of aliphatic imine (C=N–C) groups is 2. The van der Waals surface area contributed by atoms with Gasteiger partial charge in [0.1, 0.15) is 63.4 Å². The molecule has 6 heterocycles. The van der Waals surface area contributed by atoms with Crippen molar-refractivity contribution in [2.24, 2.45) is 63.7 Å². The predicted octanol–water partition coefficient (Wildman–Crippen LogP) is 18.8. The van der Waals surface area contributed by atoms with Gasteiger partial charge in [-0.25, -0.2) is 49.3 Å². The maximum atomic E-state index is 12.1. The molecule has 15 rings (SSSR count). The molecule has 0 radical (unpaired) electrons. The third kappa shape index (κ3) is 21.8. The Bertz CT molecular complexity index is 6370. The fraction of sp³-hybridized carbons (Fsp3) is 0.258. The molecule has 15 aromatic rings. The first kappa shape index (κ1) is 89.4. The minimum atomic E-state index is -0.610. The molecule has 9 aromatic carbocycles. The summed E-state index contributed by atoms with van der Waals surface area (Å²) in [5.41, 5.74) is 43.3. The fourth-order valence-corrected chi connectivity index (χ4v) is 13.9. The van der Waals surface area contributed by atoms with Crippen LogP contribution in [0, 0.1) is 10.8 Å². The van der Waals surface area contributed by atoms with Gasteiger partial charge in [0, 0.05) is 106 Å². The second-order valence-corrected chi connectivity index (χ2v) is 33.5. The minimum Gasteiger partial charge on any atom is -0.444 e. The Morgan fingerprint density at radius 1 is 0.423 bits per heavy atom. The fourth-order valence-electron chi connectivity index (χ4n) is 13.7. The van der Waals surface area contributed by atoms with Gasteiger partial charge in [-0.05, 0) is 191 Å². The van der Waals surface area contributed by atoms with E-state index in [0.29, 0.717) is 35.2 Å². The van der Waals surface area contributed by atoms with Gasteiger partial charge in [0.15, 0.2) is 0 Å². The van der Waals surface area contributed by atoms with Gasteiger partial charge in [0.25, 0.3) is 0 Å². The molecule has 0 spiro atoms. The van der Waals surface area contributed by atoms with Gasteiger partial charge in [-0.3, -0.25) is 21.5 Å². The zero-order valence-electron chi connectivity index (χ0n) is 71.9. The lowest BCUT2D eigenvalue weighted by molar-refractivity contribution is 0.0540. The number of rotatable bonds is 14. The summed E-state index contributed by atoms with van der Waals surface area (Å²) in [5, 5.41) is 24.1. The topological polar surface area (TPSA) is 398 Å². The second kappa shape index (κ2) is 36.7. The summed E-state index contributed by atoms with van der Waals surface area (Å²) in [4.78, 5) is 72.4. The van der Waals surface area contributed by atoms with Crippen molar-refractivity contribution in [1.82, 2.24) is 67.9 Å². The van der Waals surface area contributed by atoms with Crippen LogP contribution in [0.2, 0.25) is 0 Å². The molecule has 0 aliphatic rings. The van der Waals surface area contributed by atoms with Gasteiger partial charge in [0.05, 0.1) is 88.6 Å². The number of amidine groups is 3. The van der Waals surface area contributed by atoms with Crippen LogP contribution in [0.3, 0.4) is 0 Å². The maximum absolute atomic E-state index is 12.1. The van der Waals surface area contributed by atoms with Gasteiger partial charge >= 0.3 is 18.3 Å². The van der Waals surface area contributed by atoms with E-state index in [1.54, 1.807) is 34.6 Å². The molecule has 0 fully saturated rings. The van der Waals surface area contributed by atoms with Crippen LogP contribution >= 0.6 is 11.8 Å². The highest BCUT2D eigenvalue weighted by Crippen LogP contribution is 2.35. The first-order valence-corrected chi connectivity index (χ1v) is 40.4. The van der Waals surface area contributed by atoms with Crippen LogP contribution < -0.4 is 38.9 Å². The summed E-state index contributed by atoms with van der Waals surface area (Å²) in [5.74, 6) is 6.18. The Morgan fingerprint density at radius 2 is 0.715 bits per heavy atom. The smallest absolute Gasteiger partial charge is 0.434 e. The highest BCUT2D eigenvalue weighted by molar-refractivity contribution is 8.13. The van der Waals surface area contributed by atoms with Crippen molar-refractivity contribution >= 4 is 142 Å². The standard InChI is InChI=1S/C36H42N8O4.C26H26N8.C22H20N6.C8H15NO2S.CH4/c1-21(39-33(45)47-35(3,4)5)37-25-15-17-29-27(19-25)41-31(43(29)9)23-11-13-24(14-12-23)32-42-28-20-26(16-18-30(28)44(32)10)38-22(2)40-34(46)48-36(6,7)8;1-33-21-9-3-15(13-23(27)28)11-19(21)31-25(33)17-5-7-18(8-6-17)26-32-20-12-16(14-24(29)30)4-10-22(20)34(26)2;1-27-19-9-7-15(23)11-17(19)25-21(27)13-3-5-14(6-4-13)22-26-18-12-16(24)8-10-20(18)28(22)2;1-6(12-5)9-7(10)11-8(2,3)4;/h11-20,37H,1H2,2-10H3,(H,39,45)(H,38,40,46);3-12H,13-14H2,1-2H3,(H3,27,28)(H3,29,30);3-12H,23-24H2,1-2H3;1-5H3;1H4. The van der Waals surface area contributed by atoms with Crippen molar-refractivity contribution in [3.63, 3.8) is 0 Å². The number of nitrogen functional groups attached to an aromatic ring is 2. The third-order valence-electron chi connectivity index (χ3n) is 19.3. The SMILES string of the molecule is C.C=C(NC(=O)OC(C)(C)C)Nc1ccc2c(c1)nc(-c1ccc(-c3nc4cc(N=C(C)NC(=O)OC(C)(C)C)ccc4n3C)cc1)n2C.CSC(C)=NC(=O)OC(C)(C)C.Cn1c(-c2ccc(-c3nc4cc(CC(=N)N)ccc4n3C)cc2)nc2cc(CC(=N)N)ccc21.Cn1c(-c2ccc(-c3nc4cc(N)ccc4n3C)cc2)nc2cc(N)ccc21. The van der Waals surface area contributed by atoms with Crippen LogP contribution in [-0.2, 0) is 69.3 Å². The van der Waals surface area contributed by atoms with Gasteiger partial charge in [-0.1, -0.05) is 98.9 Å². The van der Waals surface area contributed by atoms with Gasteiger partial charge in [0.2, 0.25) is 0 Å². The maximum Gasteiger partial charge on any atom is 0.434 e. The molecule has 0 aliphatic heterocycles. The Labute approximate surface area is 718 Å². The lowest BCUT2D eigenvalue weighted by Crippen LogP contribution is -2.35. The molecule has 3 amide bonds. The number of carbonyl (C=O) groups excluding carboxylic acids is 3. The van der Waals surface area contributed by atoms with E-state index in [-0.39, 0.29) is 19.1 Å². The van der Waals surface area contributed by atoms with Crippen molar-refractivity contribution < 1.29 is 28.6 Å². The number of nitrogens with one attached hydrogen (secondary N) is 5. The van der Waals surface area contributed by atoms with E-state index in [1.807, 2.05) is 233 Å². The zero-order chi connectivity index (χ0) is 88.1. The molecule has 6 aromatic heterocycles. The van der Waals surface area contributed by atoms with E-state index in [4.69, 9.17) is 77.9 Å². The number of hydrogen-bond donors (Lipinski definition) is 9. The lowest BCUT2D eigenvalue weighted by Gasteiger charge is -2.20. The van der Waals surface area contributed by atoms with Gasteiger partial charge in [-0.2, -0.15) is 4.99 Å². The van der Waals surface area contributed by atoms with Crippen LogP contribution in [-0.4, -0.2) is 121 Å². The molecule has 29 nitrogen and oxygen atoms in total. The van der Waals surface area contributed by atoms with Crippen molar-refractivity contribution in [3.05, 3.63) is 206 Å². The summed E-state index contributed by atoms with van der Waals surface area (Å²) in [6.45, 7) is 23.6. The number of benzene rings is 9. The highest BCUT2D eigenvalue weighted by Gasteiger charge is 2.23. The van der Waals surface area contributed by atoms with Crippen LogP contribution in [0.25, 0.3) is 135 Å². The average Bonchev–Trinajstić information content (AvgIpc) is 1.64.